The molecule has 0 aliphatic rings. The number of halogens is 1. The molecule has 20 heavy (non-hydrogen) atoms. The summed E-state index contributed by atoms with van der Waals surface area (Å²) in [7, 11) is 2.13. The van der Waals surface area contributed by atoms with Gasteiger partial charge in [0.2, 0.25) is 0 Å². The minimum Gasteiger partial charge on any atom is -0.352 e. The summed E-state index contributed by atoms with van der Waals surface area (Å²) in [4.78, 5) is 14.3. The minimum absolute atomic E-state index is 0.0119. The molecule has 1 aromatic carbocycles. The highest BCUT2D eigenvalue weighted by atomic mass is 79.9. The molecule has 1 amide bonds. The maximum Gasteiger partial charge on any atom is 0.251 e. The van der Waals surface area contributed by atoms with Gasteiger partial charge in [0, 0.05) is 22.6 Å². The van der Waals surface area contributed by atoms with Gasteiger partial charge in [-0.1, -0.05) is 15.9 Å². The highest BCUT2D eigenvalue weighted by molar-refractivity contribution is 9.10. The van der Waals surface area contributed by atoms with Crippen LogP contribution in [0.25, 0.3) is 0 Å². The first kappa shape index (κ1) is 17.2. The van der Waals surface area contributed by atoms with Crippen LogP contribution in [0, 0.1) is 6.92 Å². The predicted molar refractivity (Wildman–Crippen MR) is 88.2 cm³/mol. The Bertz CT molecular complexity index is 446. The molecule has 0 fully saturated rings. The zero-order chi connectivity index (χ0) is 15.1. The average molecular weight is 341 g/mol. The summed E-state index contributed by atoms with van der Waals surface area (Å²) in [6.07, 6.45) is 2.12. The third kappa shape index (κ3) is 5.63. The van der Waals surface area contributed by atoms with E-state index in [-0.39, 0.29) is 5.91 Å². The van der Waals surface area contributed by atoms with Gasteiger partial charge in [-0.05, 0) is 71.0 Å². The lowest BCUT2D eigenvalue weighted by atomic mass is 10.1. The Kier molecular flexibility index (Phi) is 7.24. The van der Waals surface area contributed by atoms with Crippen molar-refractivity contribution in [1.29, 1.82) is 0 Å². The lowest BCUT2D eigenvalue weighted by Crippen LogP contribution is -2.29. The number of carbonyl (C=O) groups excluding carboxylic acids is 1. The van der Waals surface area contributed by atoms with E-state index < -0.39 is 0 Å². The van der Waals surface area contributed by atoms with Crippen LogP contribution in [-0.4, -0.2) is 37.0 Å². The van der Waals surface area contributed by atoms with Gasteiger partial charge in [0.1, 0.15) is 0 Å². The summed E-state index contributed by atoms with van der Waals surface area (Å²) in [5.41, 5.74) is 1.81. The van der Waals surface area contributed by atoms with Gasteiger partial charge < -0.3 is 10.2 Å². The van der Waals surface area contributed by atoms with Crippen LogP contribution in [0.5, 0.6) is 0 Å². The van der Waals surface area contributed by atoms with Crippen molar-refractivity contribution in [3.8, 4) is 0 Å². The van der Waals surface area contributed by atoms with Crippen LogP contribution in [0.4, 0.5) is 0 Å². The Morgan fingerprint density at radius 1 is 1.35 bits per heavy atom. The molecule has 0 saturated heterocycles. The summed E-state index contributed by atoms with van der Waals surface area (Å²) < 4.78 is 1.03. The fourth-order valence-corrected chi connectivity index (χ4v) is 2.08. The van der Waals surface area contributed by atoms with E-state index in [4.69, 9.17) is 0 Å². The Hall–Kier alpha value is -0.870. The van der Waals surface area contributed by atoms with Crippen molar-refractivity contribution in [2.75, 3.05) is 20.1 Å². The number of carbonyl (C=O) groups is 1. The van der Waals surface area contributed by atoms with Gasteiger partial charge >= 0.3 is 0 Å². The zero-order valence-corrected chi connectivity index (χ0v) is 14.5. The van der Waals surface area contributed by atoms with Gasteiger partial charge in [0.15, 0.2) is 0 Å². The molecule has 0 aliphatic heterocycles. The molecule has 0 aromatic heterocycles. The second kappa shape index (κ2) is 8.42. The summed E-state index contributed by atoms with van der Waals surface area (Å²) in [6.45, 7) is 8.18. The molecular formula is C16H25BrN2O. The quantitative estimate of drug-likeness (QED) is 0.769. The van der Waals surface area contributed by atoms with Crippen LogP contribution in [0.2, 0.25) is 0 Å². The number of benzene rings is 1. The lowest BCUT2D eigenvalue weighted by Gasteiger charge is -2.20. The van der Waals surface area contributed by atoms with E-state index in [1.165, 1.54) is 0 Å². The number of unbranched alkanes of at least 4 members (excludes halogenated alkanes) is 1. The minimum atomic E-state index is 0.0119. The Labute approximate surface area is 130 Å². The van der Waals surface area contributed by atoms with Gasteiger partial charge in [-0.25, -0.2) is 0 Å². The monoisotopic (exact) mass is 340 g/mol. The molecule has 0 aliphatic carbocycles. The van der Waals surface area contributed by atoms with E-state index in [9.17, 15) is 4.79 Å². The molecule has 4 heteroatoms. The second-order valence-electron chi connectivity index (χ2n) is 5.50. The molecule has 0 unspecified atom stereocenters. The SMILES string of the molecule is Cc1cc(C(=O)NCCCCN(C)C(C)C)ccc1Br. The van der Waals surface area contributed by atoms with Crippen molar-refractivity contribution in [3.05, 3.63) is 33.8 Å². The van der Waals surface area contributed by atoms with E-state index in [1.807, 2.05) is 25.1 Å². The average Bonchev–Trinajstić information content (AvgIpc) is 2.40. The molecule has 112 valence electrons. The van der Waals surface area contributed by atoms with Crippen LogP contribution < -0.4 is 5.32 Å². The van der Waals surface area contributed by atoms with Crippen molar-refractivity contribution in [2.24, 2.45) is 0 Å². The molecule has 0 bridgehead atoms. The maximum absolute atomic E-state index is 12.0. The van der Waals surface area contributed by atoms with Crippen LogP contribution in [0.1, 0.15) is 42.6 Å². The van der Waals surface area contributed by atoms with E-state index >= 15 is 0 Å². The molecule has 0 atom stereocenters. The van der Waals surface area contributed by atoms with Gasteiger partial charge in [-0.15, -0.1) is 0 Å². The van der Waals surface area contributed by atoms with Crippen molar-refractivity contribution >= 4 is 21.8 Å². The summed E-state index contributed by atoms with van der Waals surface area (Å²) >= 11 is 3.44. The van der Waals surface area contributed by atoms with Gasteiger partial charge in [-0.3, -0.25) is 4.79 Å². The highest BCUT2D eigenvalue weighted by Crippen LogP contribution is 2.16. The van der Waals surface area contributed by atoms with Gasteiger partial charge in [0.05, 0.1) is 0 Å². The molecule has 0 spiro atoms. The molecule has 1 rings (SSSR count). The standard InChI is InChI=1S/C16H25BrN2O/c1-12(2)19(4)10-6-5-9-18-16(20)14-7-8-15(17)13(3)11-14/h7-8,11-12H,5-6,9-10H2,1-4H3,(H,18,20). The maximum atomic E-state index is 12.0. The number of amides is 1. The highest BCUT2D eigenvalue weighted by Gasteiger charge is 2.06. The van der Waals surface area contributed by atoms with Crippen LogP contribution >= 0.6 is 15.9 Å². The number of nitrogens with zero attached hydrogens (tertiary/aromatic N) is 1. The van der Waals surface area contributed by atoms with E-state index in [2.05, 4.69) is 47.0 Å². The number of hydrogen-bond acceptors (Lipinski definition) is 2. The van der Waals surface area contributed by atoms with Crippen molar-refractivity contribution < 1.29 is 4.79 Å². The van der Waals surface area contributed by atoms with Crippen molar-refractivity contribution in [1.82, 2.24) is 10.2 Å². The first-order chi connectivity index (χ1) is 9.41. The van der Waals surface area contributed by atoms with E-state index in [0.29, 0.717) is 6.04 Å². The van der Waals surface area contributed by atoms with E-state index in [0.717, 1.165) is 41.5 Å². The van der Waals surface area contributed by atoms with Crippen LogP contribution in [-0.2, 0) is 0 Å². The molecular weight excluding hydrogens is 316 g/mol. The number of hydrogen-bond donors (Lipinski definition) is 1. The lowest BCUT2D eigenvalue weighted by molar-refractivity contribution is 0.0952. The smallest absolute Gasteiger partial charge is 0.251 e. The normalized spacial score (nSPS) is 11.2. The van der Waals surface area contributed by atoms with Crippen molar-refractivity contribution in [2.45, 2.75) is 39.7 Å². The fourth-order valence-electron chi connectivity index (χ4n) is 1.83. The predicted octanol–water partition coefficient (Wildman–Crippen LogP) is 3.61. The Morgan fingerprint density at radius 3 is 2.65 bits per heavy atom. The van der Waals surface area contributed by atoms with Crippen LogP contribution in [0.3, 0.4) is 0 Å². The number of rotatable bonds is 7. The van der Waals surface area contributed by atoms with Gasteiger partial charge in [-0.2, -0.15) is 0 Å². The first-order valence-electron chi connectivity index (χ1n) is 7.16. The Balaban J connectivity index is 2.28. The molecule has 0 saturated carbocycles. The first-order valence-corrected chi connectivity index (χ1v) is 7.95. The van der Waals surface area contributed by atoms with Gasteiger partial charge in [0.25, 0.3) is 5.91 Å². The number of nitrogens with one attached hydrogen (secondary N) is 1. The fraction of sp³-hybridized carbons (Fsp3) is 0.562. The summed E-state index contributed by atoms with van der Waals surface area (Å²) in [6, 6.07) is 6.25. The molecule has 1 aromatic rings. The van der Waals surface area contributed by atoms with Crippen molar-refractivity contribution in [3.63, 3.8) is 0 Å². The Morgan fingerprint density at radius 2 is 2.05 bits per heavy atom. The largest absolute Gasteiger partial charge is 0.352 e. The third-order valence-electron chi connectivity index (χ3n) is 3.52. The summed E-state index contributed by atoms with van der Waals surface area (Å²) in [5, 5.41) is 2.98. The van der Waals surface area contributed by atoms with Crippen LogP contribution in [0.15, 0.2) is 22.7 Å². The topological polar surface area (TPSA) is 32.3 Å². The zero-order valence-electron chi connectivity index (χ0n) is 12.9. The summed E-state index contributed by atoms with van der Waals surface area (Å²) in [5.74, 6) is 0.0119. The molecule has 0 radical (unpaired) electrons. The second-order valence-corrected chi connectivity index (χ2v) is 6.36. The van der Waals surface area contributed by atoms with E-state index in [1.54, 1.807) is 0 Å². The molecule has 3 nitrogen and oxygen atoms in total. The third-order valence-corrected chi connectivity index (χ3v) is 4.41. The molecule has 1 N–H and O–H groups in total. The number of aryl methyl sites for hydroxylation is 1. The molecule has 0 heterocycles.